The van der Waals surface area contributed by atoms with Crippen LogP contribution in [-0.4, -0.2) is 17.0 Å². The highest BCUT2D eigenvalue weighted by Gasteiger charge is 2.08. The van der Waals surface area contributed by atoms with Gasteiger partial charge in [0, 0.05) is 24.3 Å². The predicted octanol–water partition coefficient (Wildman–Crippen LogP) is 2.65. The van der Waals surface area contributed by atoms with E-state index in [0.29, 0.717) is 21.4 Å². The molecule has 0 fully saturated rings. The lowest BCUT2D eigenvalue weighted by atomic mass is 10.1. The molecule has 2 aromatic carbocycles. The van der Waals surface area contributed by atoms with Gasteiger partial charge in [-0.3, -0.25) is 9.59 Å². The summed E-state index contributed by atoms with van der Waals surface area (Å²) in [4.78, 5) is 25.2. The van der Waals surface area contributed by atoms with Crippen LogP contribution in [0.4, 0.5) is 0 Å². The Kier molecular flexibility index (Phi) is 5.72. The van der Waals surface area contributed by atoms with Gasteiger partial charge in [0.1, 0.15) is 10.4 Å². The number of hydrogen-bond acceptors (Lipinski definition) is 4. The zero-order valence-corrected chi connectivity index (χ0v) is 16.4. The number of ether oxygens (including phenoxy) is 1. The molecule has 0 aliphatic heterocycles. The van der Waals surface area contributed by atoms with Gasteiger partial charge in [0.2, 0.25) is 0 Å². The van der Waals surface area contributed by atoms with Crippen molar-refractivity contribution in [3.63, 3.8) is 0 Å². The SMILES string of the molecule is CCOc1ccccc1/C=c1\s/c(=C\C(=O)c2ccccc2C)n(C)c1=O. The minimum atomic E-state index is -0.130. The van der Waals surface area contributed by atoms with E-state index in [0.717, 1.165) is 16.9 Å². The summed E-state index contributed by atoms with van der Waals surface area (Å²) in [6, 6.07) is 15.0. The van der Waals surface area contributed by atoms with Crippen LogP contribution >= 0.6 is 11.3 Å². The molecule has 4 nitrogen and oxygen atoms in total. The van der Waals surface area contributed by atoms with Crippen LogP contribution in [0.1, 0.15) is 28.4 Å². The van der Waals surface area contributed by atoms with Crippen molar-refractivity contribution in [1.82, 2.24) is 4.57 Å². The van der Waals surface area contributed by atoms with Crippen LogP contribution in [0.2, 0.25) is 0 Å². The Labute approximate surface area is 161 Å². The number of carbonyl (C=O) groups excluding carboxylic acids is 1. The second kappa shape index (κ2) is 8.18. The topological polar surface area (TPSA) is 48.3 Å². The fraction of sp³-hybridized carbons (Fsp3) is 0.182. The van der Waals surface area contributed by atoms with Crippen molar-refractivity contribution < 1.29 is 9.53 Å². The second-order valence-electron chi connectivity index (χ2n) is 6.11. The first kappa shape index (κ1) is 18.9. The maximum Gasteiger partial charge on any atom is 0.268 e. The van der Waals surface area contributed by atoms with Gasteiger partial charge in [-0.15, -0.1) is 11.3 Å². The number of rotatable bonds is 5. The van der Waals surface area contributed by atoms with Crippen molar-refractivity contribution in [2.24, 2.45) is 7.05 Å². The van der Waals surface area contributed by atoms with Crippen LogP contribution in [0.15, 0.2) is 53.3 Å². The normalized spacial score (nSPS) is 12.4. The molecular formula is C22H21NO3S. The number of ketones is 1. The molecule has 1 aromatic heterocycles. The fourth-order valence-corrected chi connectivity index (χ4v) is 3.80. The molecule has 0 unspecified atom stereocenters. The molecule has 0 aliphatic rings. The van der Waals surface area contributed by atoms with Crippen molar-refractivity contribution in [2.45, 2.75) is 13.8 Å². The van der Waals surface area contributed by atoms with Crippen LogP contribution in [0.5, 0.6) is 5.75 Å². The highest BCUT2D eigenvalue weighted by molar-refractivity contribution is 7.07. The van der Waals surface area contributed by atoms with E-state index in [-0.39, 0.29) is 11.3 Å². The molecule has 27 heavy (non-hydrogen) atoms. The Hall–Kier alpha value is -2.92. The summed E-state index contributed by atoms with van der Waals surface area (Å²) in [5.74, 6) is 0.628. The number of hydrogen-bond donors (Lipinski definition) is 0. The summed E-state index contributed by atoms with van der Waals surface area (Å²) >= 11 is 1.30. The molecule has 0 atom stereocenters. The third-order valence-corrected chi connectivity index (χ3v) is 5.34. The Morgan fingerprint density at radius 2 is 1.85 bits per heavy atom. The van der Waals surface area contributed by atoms with Crippen LogP contribution < -0.4 is 19.5 Å². The maximum atomic E-state index is 12.6. The van der Waals surface area contributed by atoms with E-state index in [1.54, 1.807) is 13.1 Å². The van der Waals surface area contributed by atoms with Crippen LogP contribution in [0, 0.1) is 6.92 Å². The summed E-state index contributed by atoms with van der Waals surface area (Å²) in [5, 5.41) is 0. The Morgan fingerprint density at radius 1 is 1.15 bits per heavy atom. The standard InChI is InChI=1S/C22H21NO3S/c1-4-26-19-12-8-6-10-16(19)13-20-22(25)23(3)21(27-20)14-18(24)17-11-7-5-9-15(17)2/h5-14H,4H2,1-3H3/b20-13-,21-14-. The van der Waals surface area contributed by atoms with Crippen molar-refractivity contribution >= 4 is 29.3 Å². The van der Waals surface area contributed by atoms with Crippen molar-refractivity contribution in [3.8, 4) is 5.75 Å². The predicted molar refractivity (Wildman–Crippen MR) is 110 cm³/mol. The van der Waals surface area contributed by atoms with Gasteiger partial charge >= 0.3 is 0 Å². The molecule has 0 N–H and O–H groups in total. The van der Waals surface area contributed by atoms with E-state index in [1.807, 2.05) is 62.4 Å². The van der Waals surface area contributed by atoms with E-state index >= 15 is 0 Å². The highest BCUT2D eigenvalue weighted by Crippen LogP contribution is 2.18. The van der Waals surface area contributed by atoms with Gasteiger partial charge in [-0.1, -0.05) is 42.5 Å². The Balaban J connectivity index is 2.09. The minimum Gasteiger partial charge on any atom is -0.493 e. The van der Waals surface area contributed by atoms with Gasteiger partial charge in [0.15, 0.2) is 5.78 Å². The summed E-state index contributed by atoms with van der Waals surface area (Å²) in [6.45, 7) is 4.38. The molecule has 138 valence electrons. The molecule has 0 aliphatic carbocycles. The smallest absolute Gasteiger partial charge is 0.268 e. The van der Waals surface area contributed by atoms with Crippen LogP contribution in [0.25, 0.3) is 12.2 Å². The molecule has 0 saturated carbocycles. The molecule has 0 saturated heterocycles. The van der Waals surface area contributed by atoms with Crippen LogP contribution in [0.3, 0.4) is 0 Å². The van der Waals surface area contributed by atoms with Gasteiger partial charge in [-0.05, 0) is 31.6 Å². The van der Waals surface area contributed by atoms with Crippen molar-refractivity contribution in [3.05, 3.63) is 84.8 Å². The number of aryl methyl sites for hydroxylation is 1. The lowest BCUT2D eigenvalue weighted by molar-refractivity contribution is 0.106. The zero-order chi connectivity index (χ0) is 19.4. The first-order valence-corrected chi connectivity index (χ1v) is 9.54. The van der Waals surface area contributed by atoms with E-state index in [1.165, 1.54) is 22.0 Å². The highest BCUT2D eigenvalue weighted by atomic mass is 32.1. The number of thiazole rings is 1. The van der Waals surface area contributed by atoms with E-state index in [4.69, 9.17) is 4.74 Å². The van der Waals surface area contributed by atoms with Crippen molar-refractivity contribution in [1.29, 1.82) is 0 Å². The average molecular weight is 379 g/mol. The first-order valence-electron chi connectivity index (χ1n) is 8.72. The molecule has 5 heteroatoms. The summed E-state index contributed by atoms with van der Waals surface area (Å²) < 4.78 is 8.32. The summed E-state index contributed by atoms with van der Waals surface area (Å²) in [7, 11) is 1.68. The first-order chi connectivity index (χ1) is 13.0. The average Bonchev–Trinajstić information content (AvgIpc) is 2.92. The third kappa shape index (κ3) is 4.09. The van der Waals surface area contributed by atoms with E-state index in [2.05, 4.69) is 0 Å². The largest absolute Gasteiger partial charge is 0.493 e. The molecule has 0 bridgehead atoms. The fourth-order valence-electron chi connectivity index (χ4n) is 2.77. The molecule has 1 heterocycles. The molecule has 0 amide bonds. The maximum absolute atomic E-state index is 12.6. The number of para-hydroxylation sites is 1. The number of benzene rings is 2. The van der Waals surface area contributed by atoms with Gasteiger partial charge in [0.25, 0.3) is 5.56 Å². The Bertz CT molecular complexity index is 1150. The summed E-state index contributed by atoms with van der Waals surface area (Å²) in [5.41, 5.74) is 2.27. The number of carbonyl (C=O) groups is 1. The lowest BCUT2D eigenvalue weighted by Crippen LogP contribution is -2.29. The third-order valence-electron chi connectivity index (χ3n) is 4.23. The summed E-state index contributed by atoms with van der Waals surface area (Å²) in [6.07, 6.45) is 3.34. The molecular weight excluding hydrogens is 358 g/mol. The molecule has 0 spiro atoms. The monoisotopic (exact) mass is 379 g/mol. The van der Waals surface area contributed by atoms with Gasteiger partial charge < -0.3 is 9.30 Å². The van der Waals surface area contributed by atoms with Crippen LogP contribution in [-0.2, 0) is 7.05 Å². The number of nitrogens with zero attached hydrogens (tertiary/aromatic N) is 1. The van der Waals surface area contributed by atoms with Gasteiger partial charge in [-0.2, -0.15) is 0 Å². The van der Waals surface area contributed by atoms with Crippen molar-refractivity contribution in [2.75, 3.05) is 6.61 Å². The minimum absolute atomic E-state index is 0.105. The molecule has 3 rings (SSSR count). The number of aromatic nitrogens is 1. The quantitative estimate of drug-likeness (QED) is 0.641. The molecule has 3 aromatic rings. The van der Waals surface area contributed by atoms with Gasteiger partial charge in [-0.25, -0.2) is 0 Å². The zero-order valence-electron chi connectivity index (χ0n) is 15.6. The Morgan fingerprint density at radius 3 is 2.59 bits per heavy atom. The second-order valence-corrected chi connectivity index (χ2v) is 7.17. The van der Waals surface area contributed by atoms with E-state index in [9.17, 15) is 9.59 Å². The van der Waals surface area contributed by atoms with E-state index < -0.39 is 0 Å². The lowest BCUT2D eigenvalue weighted by Gasteiger charge is -2.05. The van der Waals surface area contributed by atoms with Gasteiger partial charge in [0.05, 0.1) is 11.1 Å². The molecule has 0 radical (unpaired) electrons. The number of Topliss-reactive ketones (excluding diaryl/α,β-unsaturated/α-hetero) is 1.